The lowest BCUT2D eigenvalue weighted by molar-refractivity contribution is -0.159. The number of rotatable bonds is 0. The Bertz CT molecular complexity index is 514. The third kappa shape index (κ3) is 2.06. The van der Waals surface area contributed by atoms with Crippen LogP contribution in [-0.4, -0.2) is 17.0 Å². The smallest absolute Gasteiger partial charge is 0.136 e. The van der Waals surface area contributed by atoms with Crippen molar-refractivity contribution in [3.63, 3.8) is 0 Å². The molecule has 0 saturated heterocycles. The van der Waals surface area contributed by atoms with E-state index < -0.39 is 0 Å². The summed E-state index contributed by atoms with van der Waals surface area (Å²) in [5, 5.41) is 10.6. The van der Waals surface area contributed by atoms with Gasteiger partial charge in [0.1, 0.15) is 5.78 Å². The van der Waals surface area contributed by atoms with Gasteiger partial charge in [-0.05, 0) is 78.9 Å². The van der Waals surface area contributed by atoms with Crippen molar-refractivity contribution in [2.24, 2.45) is 46.3 Å². The molecule has 0 amide bonds. The van der Waals surface area contributed by atoms with Crippen molar-refractivity contribution >= 4 is 5.78 Å². The molecule has 0 aliphatic heterocycles. The third-order valence-corrected chi connectivity index (χ3v) is 9.12. The molecule has 0 bridgehead atoms. The van der Waals surface area contributed by atoms with Gasteiger partial charge in [0.2, 0.25) is 0 Å². The van der Waals surface area contributed by atoms with Crippen LogP contribution in [0.25, 0.3) is 0 Å². The average molecular weight is 319 g/mol. The van der Waals surface area contributed by atoms with Crippen LogP contribution in [0.1, 0.15) is 72.6 Å². The summed E-state index contributed by atoms with van der Waals surface area (Å²) >= 11 is 0. The van der Waals surface area contributed by atoms with Crippen LogP contribution in [0.2, 0.25) is 0 Å². The predicted molar refractivity (Wildman–Crippen MR) is 91.8 cm³/mol. The lowest BCUT2D eigenvalue weighted by Crippen LogP contribution is -2.57. The van der Waals surface area contributed by atoms with Gasteiger partial charge in [-0.2, -0.15) is 0 Å². The van der Waals surface area contributed by atoms with Crippen LogP contribution in [-0.2, 0) is 4.79 Å². The third-order valence-electron chi connectivity index (χ3n) is 9.12. The Morgan fingerprint density at radius 3 is 2.48 bits per heavy atom. The second kappa shape index (κ2) is 5.07. The zero-order chi connectivity index (χ0) is 16.6. The molecular weight excluding hydrogens is 284 g/mol. The molecule has 4 rings (SSSR count). The Hall–Kier alpha value is -0.370. The first-order valence-corrected chi connectivity index (χ1v) is 9.98. The minimum Gasteiger partial charge on any atom is -0.393 e. The Labute approximate surface area is 141 Å². The molecule has 4 aliphatic carbocycles. The summed E-state index contributed by atoms with van der Waals surface area (Å²) in [5.74, 6) is 4.34. The number of carbonyl (C=O) groups is 1. The summed E-state index contributed by atoms with van der Waals surface area (Å²) < 4.78 is 0. The van der Waals surface area contributed by atoms with Gasteiger partial charge < -0.3 is 5.11 Å². The normalized spacial score (nSPS) is 59.2. The van der Waals surface area contributed by atoms with Crippen LogP contribution >= 0.6 is 0 Å². The van der Waals surface area contributed by atoms with Gasteiger partial charge in [-0.3, -0.25) is 4.79 Å². The lowest BCUT2D eigenvalue weighted by Gasteiger charge is -2.62. The minimum absolute atomic E-state index is 0.0852. The highest BCUT2D eigenvalue weighted by Gasteiger charge is 2.62. The summed E-state index contributed by atoms with van der Waals surface area (Å²) in [4.78, 5) is 12.3. The topological polar surface area (TPSA) is 37.3 Å². The maximum atomic E-state index is 12.3. The molecule has 0 aromatic heterocycles. The van der Waals surface area contributed by atoms with Crippen molar-refractivity contribution in [1.82, 2.24) is 0 Å². The van der Waals surface area contributed by atoms with E-state index in [4.69, 9.17) is 0 Å². The molecule has 4 fully saturated rings. The van der Waals surface area contributed by atoms with Gasteiger partial charge in [-0.15, -0.1) is 0 Å². The predicted octanol–water partition coefficient (Wildman–Crippen LogP) is 4.45. The van der Waals surface area contributed by atoms with Gasteiger partial charge in [0.25, 0.3) is 0 Å². The summed E-state index contributed by atoms with van der Waals surface area (Å²) in [6, 6.07) is 0. The Kier molecular flexibility index (Phi) is 3.55. The molecule has 9 atom stereocenters. The summed E-state index contributed by atoms with van der Waals surface area (Å²) in [7, 11) is 0. The molecule has 2 heteroatoms. The molecule has 0 aromatic rings. The second-order valence-corrected chi connectivity index (χ2v) is 10.1. The van der Waals surface area contributed by atoms with Crippen molar-refractivity contribution in [3.8, 4) is 0 Å². The van der Waals surface area contributed by atoms with Crippen LogP contribution in [0.15, 0.2) is 0 Å². The molecule has 0 heterocycles. The molecule has 1 N–H and O–H groups in total. The Morgan fingerprint density at radius 1 is 1.04 bits per heavy atom. The molecule has 23 heavy (non-hydrogen) atoms. The first kappa shape index (κ1) is 16.1. The van der Waals surface area contributed by atoms with Gasteiger partial charge in [-0.1, -0.05) is 27.7 Å². The van der Waals surface area contributed by atoms with Crippen LogP contribution in [0.3, 0.4) is 0 Å². The maximum Gasteiger partial charge on any atom is 0.136 e. The molecule has 0 spiro atoms. The number of aliphatic hydroxyl groups is 1. The molecule has 0 radical (unpaired) electrons. The van der Waals surface area contributed by atoms with Crippen LogP contribution < -0.4 is 0 Å². The molecule has 0 unspecified atom stereocenters. The Morgan fingerprint density at radius 2 is 1.74 bits per heavy atom. The van der Waals surface area contributed by atoms with E-state index in [1.807, 2.05) is 0 Å². The second-order valence-electron chi connectivity index (χ2n) is 10.1. The molecule has 130 valence electrons. The highest BCUT2D eigenvalue weighted by molar-refractivity contribution is 5.82. The van der Waals surface area contributed by atoms with Crippen LogP contribution in [0.4, 0.5) is 0 Å². The van der Waals surface area contributed by atoms with Gasteiger partial charge in [-0.25, -0.2) is 0 Å². The van der Waals surface area contributed by atoms with Gasteiger partial charge in [0.15, 0.2) is 0 Å². The van der Waals surface area contributed by atoms with Crippen molar-refractivity contribution < 1.29 is 9.90 Å². The average Bonchev–Trinajstić information content (AvgIpc) is 2.78. The first-order chi connectivity index (χ1) is 10.8. The van der Waals surface area contributed by atoms with E-state index in [-0.39, 0.29) is 17.4 Å². The van der Waals surface area contributed by atoms with Crippen molar-refractivity contribution in [3.05, 3.63) is 0 Å². The molecule has 2 nitrogen and oxygen atoms in total. The highest BCUT2D eigenvalue weighted by Crippen LogP contribution is 2.67. The fraction of sp³-hybridized carbons (Fsp3) is 0.952. The molecular formula is C21H34O2. The maximum absolute atomic E-state index is 12.3. The first-order valence-electron chi connectivity index (χ1n) is 9.98. The lowest BCUT2D eigenvalue weighted by atomic mass is 9.42. The number of aliphatic hydroxyl groups excluding tert-OH is 1. The largest absolute Gasteiger partial charge is 0.393 e. The van der Waals surface area contributed by atoms with Crippen LogP contribution in [0.5, 0.6) is 0 Å². The van der Waals surface area contributed by atoms with Gasteiger partial charge in [0.05, 0.1) is 6.10 Å². The number of fused-ring (bicyclic) bond motifs is 5. The SMILES string of the molecule is C[C@@H]1C[C@@]2(C)[C@H](CC1=O)C[C@@H](C)[C@@H]1[C@@H]2CC[C@]2(C)[C@@H](O)CC[C@@H]12. The van der Waals surface area contributed by atoms with E-state index in [0.29, 0.717) is 29.0 Å². The van der Waals surface area contributed by atoms with E-state index in [0.717, 1.165) is 31.1 Å². The standard InChI is InChI=1S/C21H34O2/c1-12-9-14-10-17(22)13(2)11-21(14,4)16-7-8-20(3)15(19(12)16)5-6-18(20)23/h12-16,18-19,23H,5-11H2,1-4H3/t12-,13-,14+,15+,16+,18+,19+,20+,21+/m1/s1. The van der Waals surface area contributed by atoms with E-state index in [1.165, 1.54) is 25.7 Å². The van der Waals surface area contributed by atoms with Crippen LogP contribution in [0, 0.1) is 46.3 Å². The molecule has 0 aromatic carbocycles. The van der Waals surface area contributed by atoms with E-state index >= 15 is 0 Å². The molecule has 4 aliphatic rings. The monoisotopic (exact) mass is 318 g/mol. The number of ketones is 1. The van der Waals surface area contributed by atoms with Gasteiger partial charge >= 0.3 is 0 Å². The molecule has 4 saturated carbocycles. The van der Waals surface area contributed by atoms with E-state index in [1.54, 1.807) is 0 Å². The fourth-order valence-electron chi connectivity index (χ4n) is 7.76. The minimum atomic E-state index is -0.0852. The summed E-state index contributed by atoms with van der Waals surface area (Å²) in [6.07, 6.45) is 7.78. The summed E-state index contributed by atoms with van der Waals surface area (Å²) in [6.45, 7) is 9.47. The number of Topliss-reactive ketones (excluding diaryl/α,β-unsaturated/α-hetero) is 1. The van der Waals surface area contributed by atoms with Crippen molar-refractivity contribution in [2.75, 3.05) is 0 Å². The van der Waals surface area contributed by atoms with Crippen molar-refractivity contribution in [1.29, 1.82) is 0 Å². The quantitative estimate of drug-likeness (QED) is 0.716. The number of hydrogen-bond donors (Lipinski definition) is 1. The summed E-state index contributed by atoms with van der Waals surface area (Å²) in [5.41, 5.74) is 0.522. The van der Waals surface area contributed by atoms with Crippen molar-refractivity contribution in [2.45, 2.75) is 78.7 Å². The zero-order valence-electron chi connectivity index (χ0n) is 15.3. The zero-order valence-corrected chi connectivity index (χ0v) is 15.3. The number of carbonyl (C=O) groups excluding carboxylic acids is 1. The van der Waals surface area contributed by atoms with E-state index in [2.05, 4.69) is 27.7 Å². The fourth-order valence-corrected chi connectivity index (χ4v) is 7.76. The van der Waals surface area contributed by atoms with Gasteiger partial charge in [0, 0.05) is 12.3 Å². The number of hydrogen-bond acceptors (Lipinski definition) is 2. The Balaban J connectivity index is 1.69. The highest BCUT2D eigenvalue weighted by atomic mass is 16.3. The van der Waals surface area contributed by atoms with E-state index in [9.17, 15) is 9.90 Å².